The smallest absolute Gasteiger partial charge is 0.239 e. The molecule has 3 heterocycles. The Bertz CT molecular complexity index is 353. The number of carbonyl (C=O) groups excluding carboxylic acids is 1. The maximum Gasteiger partial charge on any atom is 0.239 e. The number of piperidine rings is 1. The molecule has 7 heteroatoms. The molecule has 5 nitrogen and oxygen atoms in total. The number of nitrogens with zero attached hydrogens (tertiary/aromatic N) is 2. The predicted octanol–water partition coefficient (Wildman–Crippen LogP) is 1.67. The Hall–Kier alpha value is -0.0700. The maximum atomic E-state index is 12.6. The van der Waals surface area contributed by atoms with Gasteiger partial charge in [0.15, 0.2) is 0 Å². The molecule has 2 N–H and O–H groups in total. The van der Waals surface area contributed by atoms with Crippen molar-refractivity contribution < 1.29 is 9.53 Å². The van der Waals surface area contributed by atoms with Crippen LogP contribution >= 0.6 is 24.8 Å². The molecular weight excluding hydrogens is 337 g/mol. The molecule has 0 aliphatic carbocycles. The summed E-state index contributed by atoms with van der Waals surface area (Å²) in [7, 11) is 0. The van der Waals surface area contributed by atoms with E-state index >= 15 is 0 Å². The van der Waals surface area contributed by atoms with E-state index in [1.165, 1.54) is 25.9 Å². The molecule has 3 fully saturated rings. The summed E-state index contributed by atoms with van der Waals surface area (Å²) in [5.41, 5.74) is 6.22. The Balaban J connectivity index is 0.00000132. The lowest BCUT2D eigenvalue weighted by Gasteiger charge is -2.38. The molecule has 1 amide bonds. The fourth-order valence-corrected chi connectivity index (χ4v) is 4.05. The van der Waals surface area contributed by atoms with Crippen LogP contribution in [0.5, 0.6) is 0 Å². The van der Waals surface area contributed by atoms with Crippen molar-refractivity contribution in [2.45, 2.75) is 50.6 Å². The standard InChI is InChI=1S/C16H29N3O2.2ClH/c17-15(13-5-11-21-12-6-13)16(20)19-9-3-14(4-10-19)18-7-1-2-8-18;;/h13-15H,1-12,17H2;2*1H. The highest BCUT2D eigenvalue weighted by Gasteiger charge is 2.33. The molecule has 1 unspecified atom stereocenters. The van der Waals surface area contributed by atoms with Gasteiger partial charge in [-0.05, 0) is 57.5 Å². The molecule has 1 atom stereocenters. The molecule has 0 saturated carbocycles. The summed E-state index contributed by atoms with van der Waals surface area (Å²) < 4.78 is 5.36. The van der Waals surface area contributed by atoms with E-state index < -0.39 is 0 Å². The van der Waals surface area contributed by atoms with E-state index in [1.807, 2.05) is 4.90 Å². The van der Waals surface area contributed by atoms with E-state index in [0.717, 1.165) is 52.0 Å². The first-order chi connectivity index (χ1) is 10.3. The molecular formula is C16H31Cl2N3O2. The number of amides is 1. The van der Waals surface area contributed by atoms with Crippen molar-refractivity contribution >= 4 is 30.7 Å². The van der Waals surface area contributed by atoms with Gasteiger partial charge in [0.25, 0.3) is 0 Å². The van der Waals surface area contributed by atoms with Crippen molar-refractivity contribution in [3.8, 4) is 0 Å². The Morgan fingerprint density at radius 1 is 0.957 bits per heavy atom. The molecule has 0 aromatic rings. The molecule has 0 aromatic carbocycles. The molecule has 0 spiro atoms. The molecule has 136 valence electrons. The Labute approximate surface area is 152 Å². The normalized spacial score (nSPS) is 25.5. The van der Waals surface area contributed by atoms with E-state index in [4.69, 9.17) is 10.5 Å². The maximum absolute atomic E-state index is 12.6. The van der Waals surface area contributed by atoms with Crippen molar-refractivity contribution in [3.63, 3.8) is 0 Å². The summed E-state index contributed by atoms with van der Waals surface area (Å²) >= 11 is 0. The zero-order valence-electron chi connectivity index (χ0n) is 13.8. The number of halogens is 2. The lowest BCUT2D eigenvalue weighted by Crippen LogP contribution is -2.53. The first-order valence-corrected chi connectivity index (χ1v) is 8.62. The number of hydrogen-bond donors (Lipinski definition) is 1. The number of carbonyl (C=O) groups is 1. The van der Waals surface area contributed by atoms with Crippen molar-refractivity contribution in [3.05, 3.63) is 0 Å². The minimum atomic E-state index is -0.322. The van der Waals surface area contributed by atoms with Crippen LogP contribution in [0, 0.1) is 5.92 Å². The molecule has 3 saturated heterocycles. The largest absolute Gasteiger partial charge is 0.381 e. The van der Waals surface area contributed by atoms with Crippen LogP contribution in [0.4, 0.5) is 0 Å². The van der Waals surface area contributed by atoms with Gasteiger partial charge < -0.3 is 20.3 Å². The summed E-state index contributed by atoms with van der Waals surface area (Å²) in [6.45, 7) is 5.78. The average molecular weight is 368 g/mol. The van der Waals surface area contributed by atoms with Crippen LogP contribution in [0.1, 0.15) is 38.5 Å². The second kappa shape index (κ2) is 10.0. The van der Waals surface area contributed by atoms with E-state index in [2.05, 4.69) is 4.90 Å². The Kier molecular flexibility index (Phi) is 9.16. The zero-order valence-corrected chi connectivity index (χ0v) is 15.5. The number of nitrogens with two attached hydrogens (primary N) is 1. The second-order valence-corrected chi connectivity index (χ2v) is 6.78. The topological polar surface area (TPSA) is 58.8 Å². The monoisotopic (exact) mass is 367 g/mol. The third-order valence-corrected chi connectivity index (χ3v) is 5.49. The van der Waals surface area contributed by atoms with Crippen LogP contribution < -0.4 is 5.73 Å². The number of rotatable bonds is 3. The van der Waals surface area contributed by atoms with Crippen molar-refractivity contribution in [1.82, 2.24) is 9.80 Å². The van der Waals surface area contributed by atoms with Gasteiger partial charge in [-0.1, -0.05) is 0 Å². The number of ether oxygens (including phenoxy) is 1. The summed E-state index contributed by atoms with van der Waals surface area (Å²) in [6, 6.07) is 0.369. The van der Waals surface area contributed by atoms with Crippen LogP contribution in [0.2, 0.25) is 0 Å². The first kappa shape index (κ1) is 21.0. The van der Waals surface area contributed by atoms with E-state index in [-0.39, 0.29) is 36.8 Å². The first-order valence-electron chi connectivity index (χ1n) is 8.62. The number of hydrogen-bond acceptors (Lipinski definition) is 4. The minimum Gasteiger partial charge on any atom is -0.381 e. The molecule has 3 aliphatic heterocycles. The molecule has 23 heavy (non-hydrogen) atoms. The lowest BCUT2D eigenvalue weighted by molar-refractivity contribution is -0.136. The Morgan fingerprint density at radius 2 is 1.52 bits per heavy atom. The third kappa shape index (κ3) is 5.20. The fraction of sp³-hybridized carbons (Fsp3) is 0.938. The van der Waals surface area contributed by atoms with Crippen LogP contribution in [0.25, 0.3) is 0 Å². The highest BCUT2D eigenvalue weighted by molar-refractivity contribution is 5.85. The van der Waals surface area contributed by atoms with E-state index in [1.54, 1.807) is 0 Å². The minimum absolute atomic E-state index is 0. The van der Waals surface area contributed by atoms with Crippen molar-refractivity contribution in [1.29, 1.82) is 0 Å². The third-order valence-electron chi connectivity index (χ3n) is 5.49. The summed E-state index contributed by atoms with van der Waals surface area (Å²) in [5.74, 6) is 0.476. The van der Waals surface area contributed by atoms with Gasteiger partial charge in [0.2, 0.25) is 5.91 Å². The Morgan fingerprint density at radius 3 is 2.09 bits per heavy atom. The summed E-state index contributed by atoms with van der Waals surface area (Å²) in [4.78, 5) is 17.2. The van der Waals surface area contributed by atoms with Crippen molar-refractivity contribution in [2.75, 3.05) is 39.4 Å². The van der Waals surface area contributed by atoms with E-state index in [0.29, 0.717) is 12.0 Å². The van der Waals surface area contributed by atoms with Crippen LogP contribution in [0.3, 0.4) is 0 Å². The average Bonchev–Trinajstić information content (AvgIpc) is 3.09. The highest BCUT2D eigenvalue weighted by Crippen LogP contribution is 2.23. The molecule has 3 rings (SSSR count). The van der Waals surface area contributed by atoms with Gasteiger partial charge in [0.05, 0.1) is 6.04 Å². The van der Waals surface area contributed by atoms with Gasteiger partial charge in [0.1, 0.15) is 0 Å². The van der Waals surface area contributed by atoms with Crippen molar-refractivity contribution in [2.24, 2.45) is 11.7 Å². The fourth-order valence-electron chi connectivity index (χ4n) is 4.05. The zero-order chi connectivity index (χ0) is 14.7. The van der Waals surface area contributed by atoms with E-state index in [9.17, 15) is 4.79 Å². The quantitative estimate of drug-likeness (QED) is 0.823. The number of likely N-dealkylation sites (tertiary alicyclic amines) is 2. The summed E-state index contributed by atoms with van der Waals surface area (Å²) in [6.07, 6.45) is 6.77. The van der Waals surface area contributed by atoms with Gasteiger partial charge >= 0.3 is 0 Å². The van der Waals surface area contributed by atoms with Crippen LogP contribution in [-0.2, 0) is 9.53 Å². The summed E-state index contributed by atoms with van der Waals surface area (Å²) in [5, 5.41) is 0. The molecule has 0 radical (unpaired) electrons. The van der Waals surface area contributed by atoms with Crippen LogP contribution in [0.15, 0.2) is 0 Å². The van der Waals surface area contributed by atoms with Gasteiger partial charge in [-0.2, -0.15) is 0 Å². The molecule has 0 aromatic heterocycles. The molecule has 3 aliphatic rings. The van der Waals surface area contributed by atoms with Gasteiger partial charge in [-0.15, -0.1) is 24.8 Å². The second-order valence-electron chi connectivity index (χ2n) is 6.78. The van der Waals surface area contributed by atoms with Gasteiger partial charge in [0, 0.05) is 32.3 Å². The predicted molar refractivity (Wildman–Crippen MR) is 96.4 cm³/mol. The van der Waals surface area contributed by atoms with Gasteiger partial charge in [-0.25, -0.2) is 0 Å². The lowest BCUT2D eigenvalue weighted by atomic mass is 9.91. The molecule has 0 bridgehead atoms. The SMILES string of the molecule is Cl.Cl.NC(C(=O)N1CCC(N2CCCC2)CC1)C1CCOCC1. The highest BCUT2D eigenvalue weighted by atomic mass is 35.5. The van der Waals surface area contributed by atoms with Crippen LogP contribution in [-0.4, -0.2) is 67.2 Å². The van der Waals surface area contributed by atoms with Gasteiger partial charge in [-0.3, -0.25) is 4.79 Å².